The number of benzene rings is 2. The molecule has 11 heteroatoms. The third-order valence-electron chi connectivity index (χ3n) is 4.09. The number of halogens is 3. The molecule has 2 N–H and O–H groups in total. The van der Waals surface area contributed by atoms with Crippen LogP contribution in [0.4, 0.5) is 24.7 Å². The van der Waals surface area contributed by atoms with Gasteiger partial charge in [0, 0.05) is 11.3 Å². The summed E-state index contributed by atoms with van der Waals surface area (Å²) in [4.78, 5) is 11.9. The van der Waals surface area contributed by atoms with Crippen LogP contribution in [0.5, 0.6) is 0 Å². The maximum Gasteiger partial charge on any atom is 0.264 e. The van der Waals surface area contributed by atoms with Crippen LogP contribution in [0.3, 0.4) is 0 Å². The van der Waals surface area contributed by atoms with Crippen molar-refractivity contribution in [2.75, 3.05) is 10.0 Å². The van der Waals surface area contributed by atoms with Crippen molar-refractivity contribution in [2.45, 2.75) is 18.7 Å². The molecule has 0 saturated carbocycles. The van der Waals surface area contributed by atoms with Crippen LogP contribution in [0.1, 0.15) is 21.6 Å². The number of amides is 1. The van der Waals surface area contributed by atoms with Crippen molar-refractivity contribution in [2.24, 2.45) is 0 Å². The molecule has 0 unspecified atom stereocenters. The fourth-order valence-electron chi connectivity index (χ4n) is 2.31. The number of nitrogens with one attached hydrogen (secondary N) is 2. The first-order valence-corrected chi connectivity index (χ1v) is 9.59. The summed E-state index contributed by atoms with van der Waals surface area (Å²) in [5.74, 6) is -5.85. The van der Waals surface area contributed by atoms with Crippen LogP contribution >= 0.6 is 0 Å². The lowest BCUT2D eigenvalue weighted by molar-refractivity contribution is 0.102. The molecule has 29 heavy (non-hydrogen) atoms. The molecule has 0 aliphatic heterocycles. The summed E-state index contributed by atoms with van der Waals surface area (Å²) in [7, 11) is -3.98. The maximum atomic E-state index is 13.7. The predicted molar refractivity (Wildman–Crippen MR) is 97.5 cm³/mol. The average Bonchev–Trinajstić information content (AvgIpc) is 2.98. The number of nitrogens with zero attached hydrogens (tertiary/aromatic N) is 1. The lowest BCUT2D eigenvalue weighted by Crippen LogP contribution is -2.16. The molecule has 1 heterocycles. The molecule has 0 atom stereocenters. The van der Waals surface area contributed by atoms with Crippen LogP contribution in [-0.2, 0) is 10.0 Å². The van der Waals surface area contributed by atoms with Crippen LogP contribution in [0.15, 0.2) is 45.8 Å². The summed E-state index contributed by atoms with van der Waals surface area (Å²) in [6.45, 7) is 3.30. The summed E-state index contributed by atoms with van der Waals surface area (Å²) in [5.41, 5.74) is 0.486. The van der Waals surface area contributed by atoms with Crippen LogP contribution < -0.4 is 10.0 Å². The highest BCUT2D eigenvalue weighted by atomic mass is 32.2. The molecule has 0 bridgehead atoms. The van der Waals surface area contributed by atoms with E-state index < -0.39 is 38.9 Å². The van der Waals surface area contributed by atoms with Crippen molar-refractivity contribution >= 4 is 27.5 Å². The van der Waals surface area contributed by atoms with Crippen molar-refractivity contribution in [1.82, 2.24) is 5.16 Å². The second-order valence-electron chi connectivity index (χ2n) is 6.03. The highest BCUT2D eigenvalue weighted by Crippen LogP contribution is 2.23. The van der Waals surface area contributed by atoms with E-state index in [0.717, 1.165) is 6.07 Å². The smallest absolute Gasteiger partial charge is 0.264 e. The quantitative estimate of drug-likeness (QED) is 0.606. The van der Waals surface area contributed by atoms with Gasteiger partial charge >= 0.3 is 0 Å². The second kappa shape index (κ2) is 7.59. The number of aryl methyl sites for hydroxylation is 1. The number of anilines is 2. The van der Waals surface area contributed by atoms with E-state index in [1.807, 2.05) is 0 Å². The summed E-state index contributed by atoms with van der Waals surface area (Å²) in [6.07, 6.45) is 0. The largest absolute Gasteiger partial charge is 0.337 e. The Hall–Kier alpha value is -3.34. The molecule has 0 aliphatic rings. The number of carbonyl (C=O) groups excluding carboxylic acids is 1. The van der Waals surface area contributed by atoms with E-state index in [0.29, 0.717) is 17.3 Å². The molecule has 1 amide bonds. The van der Waals surface area contributed by atoms with Crippen molar-refractivity contribution in [3.8, 4) is 0 Å². The molecule has 0 saturated heterocycles. The molecule has 1 aromatic heterocycles. The minimum Gasteiger partial charge on any atom is -0.337 e. The SMILES string of the molecule is Cc1noc(NS(=O)(=O)c2ccc(NC(=O)c3ccc(F)c(F)c3F)cc2)c1C. The van der Waals surface area contributed by atoms with Crippen molar-refractivity contribution < 1.29 is 30.9 Å². The monoisotopic (exact) mass is 425 g/mol. The zero-order valence-electron chi connectivity index (χ0n) is 15.1. The fraction of sp³-hybridized carbons (Fsp3) is 0.111. The first-order chi connectivity index (χ1) is 13.6. The van der Waals surface area contributed by atoms with E-state index in [9.17, 15) is 26.4 Å². The Morgan fingerprint density at radius 3 is 2.24 bits per heavy atom. The van der Waals surface area contributed by atoms with Gasteiger partial charge in [0.05, 0.1) is 16.2 Å². The van der Waals surface area contributed by atoms with E-state index in [-0.39, 0.29) is 16.5 Å². The lowest BCUT2D eigenvalue weighted by Gasteiger charge is -2.09. The molecule has 3 aromatic rings. The standard InChI is InChI=1S/C18H14F3N3O4S/c1-9-10(2)23-28-18(9)24-29(26,27)12-5-3-11(4-6-12)22-17(25)13-7-8-14(19)16(21)15(13)20/h3-8,24H,1-2H3,(H,22,25). The first-order valence-electron chi connectivity index (χ1n) is 8.11. The predicted octanol–water partition coefficient (Wildman–Crippen LogP) is 3.76. The van der Waals surface area contributed by atoms with Crippen LogP contribution in [-0.4, -0.2) is 19.5 Å². The van der Waals surface area contributed by atoms with Crippen molar-refractivity contribution in [3.05, 3.63) is 70.7 Å². The average molecular weight is 425 g/mol. The third-order valence-corrected chi connectivity index (χ3v) is 5.43. The zero-order valence-corrected chi connectivity index (χ0v) is 15.9. The Bertz CT molecular complexity index is 1190. The second-order valence-corrected chi connectivity index (χ2v) is 7.71. The molecule has 7 nitrogen and oxygen atoms in total. The Labute approximate surface area is 163 Å². The summed E-state index contributed by atoms with van der Waals surface area (Å²) in [6, 6.07) is 6.32. The van der Waals surface area contributed by atoms with E-state index in [2.05, 4.69) is 15.2 Å². The number of aromatic nitrogens is 1. The summed E-state index contributed by atoms with van der Waals surface area (Å²) < 4.78 is 71.9. The minimum atomic E-state index is -3.98. The Balaban J connectivity index is 1.77. The van der Waals surface area contributed by atoms with Gasteiger partial charge < -0.3 is 9.84 Å². The molecule has 0 radical (unpaired) electrons. The van der Waals surface area contributed by atoms with Gasteiger partial charge in [-0.25, -0.2) is 26.3 Å². The van der Waals surface area contributed by atoms with Crippen molar-refractivity contribution in [1.29, 1.82) is 0 Å². The third kappa shape index (κ3) is 4.09. The minimum absolute atomic E-state index is 0.0197. The first kappa shape index (κ1) is 20.4. The molecule has 152 valence electrons. The van der Waals surface area contributed by atoms with Gasteiger partial charge in [0.2, 0.25) is 5.88 Å². The van der Waals surface area contributed by atoms with E-state index >= 15 is 0 Å². The van der Waals surface area contributed by atoms with E-state index in [4.69, 9.17) is 4.52 Å². The van der Waals surface area contributed by atoms with Gasteiger partial charge in [0.25, 0.3) is 15.9 Å². The number of rotatable bonds is 5. The molecular weight excluding hydrogens is 411 g/mol. The molecular formula is C18H14F3N3O4S. The zero-order chi connectivity index (χ0) is 21.3. The number of hydrogen-bond donors (Lipinski definition) is 2. The number of sulfonamides is 1. The molecule has 2 aromatic carbocycles. The Kier molecular flexibility index (Phi) is 5.33. The van der Waals surface area contributed by atoms with Gasteiger partial charge in [-0.1, -0.05) is 5.16 Å². The Morgan fingerprint density at radius 2 is 1.66 bits per heavy atom. The Morgan fingerprint density at radius 1 is 1.00 bits per heavy atom. The molecule has 3 rings (SSSR count). The number of carbonyl (C=O) groups is 1. The van der Waals surface area contributed by atoms with Crippen LogP contribution in [0, 0.1) is 31.3 Å². The van der Waals surface area contributed by atoms with Crippen molar-refractivity contribution in [3.63, 3.8) is 0 Å². The topological polar surface area (TPSA) is 101 Å². The van der Waals surface area contributed by atoms with Crippen LogP contribution in [0.2, 0.25) is 0 Å². The fourth-order valence-corrected chi connectivity index (χ4v) is 3.36. The molecule has 0 aliphatic carbocycles. The highest BCUT2D eigenvalue weighted by molar-refractivity contribution is 7.92. The van der Waals surface area contributed by atoms with Gasteiger partial charge in [-0.3, -0.25) is 4.79 Å². The van der Waals surface area contributed by atoms with Gasteiger partial charge in [-0.15, -0.1) is 0 Å². The highest BCUT2D eigenvalue weighted by Gasteiger charge is 2.21. The van der Waals surface area contributed by atoms with E-state index in [1.165, 1.54) is 24.3 Å². The summed E-state index contributed by atoms with van der Waals surface area (Å²) in [5, 5.41) is 5.93. The molecule has 0 fully saturated rings. The van der Waals surface area contributed by atoms with Gasteiger partial charge in [-0.2, -0.15) is 0 Å². The number of hydrogen-bond acceptors (Lipinski definition) is 5. The normalized spacial score (nSPS) is 11.3. The van der Waals surface area contributed by atoms with Gasteiger partial charge in [-0.05, 0) is 50.2 Å². The lowest BCUT2D eigenvalue weighted by atomic mass is 10.1. The van der Waals surface area contributed by atoms with Crippen LogP contribution in [0.25, 0.3) is 0 Å². The molecule has 0 spiro atoms. The summed E-state index contributed by atoms with van der Waals surface area (Å²) >= 11 is 0. The maximum absolute atomic E-state index is 13.7. The van der Waals surface area contributed by atoms with Gasteiger partial charge in [0.15, 0.2) is 17.5 Å². The van der Waals surface area contributed by atoms with E-state index in [1.54, 1.807) is 13.8 Å². The van der Waals surface area contributed by atoms with Gasteiger partial charge in [0.1, 0.15) is 0 Å².